The summed E-state index contributed by atoms with van der Waals surface area (Å²) in [5.74, 6) is -0.325. The molecule has 1 amide bonds. The molecule has 3 nitrogen and oxygen atoms in total. The van der Waals surface area contributed by atoms with Gasteiger partial charge in [-0.2, -0.15) is 0 Å². The number of thiocarbonyl (C=S) groups is 1. The fourth-order valence-electron chi connectivity index (χ4n) is 2.20. The normalized spacial score (nSPS) is 11.6. The zero-order valence-electron chi connectivity index (χ0n) is 13.2. The highest BCUT2D eigenvalue weighted by atomic mass is 79.9. The second-order valence-corrected chi connectivity index (χ2v) is 7.21. The molecule has 1 unspecified atom stereocenters. The number of rotatable bonds is 5. The molecule has 0 saturated carbocycles. The lowest BCUT2D eigenvalue weighted by Gasteiger charge is -2.16. The van der Waals surface area contributed by atoms with Gasteiger partial charge in [0.25, 0.3) is 5.91 Å². The molecule has 0 fully saturated rings. The minimum atomic E-state index is -0.325. The monoisotopic (exact) mass is 424 g/mol. The van der Waals surface area contributed by atoms with E-state index in [-0.39, 0.29) is 11.9 Å². The van der Waals surface area contributed by atoms with Gasteiger partial charge in [0.1, 0.15) is 0 Å². The number of carbonyl (C=O) groups is 1. The summed E-state index contributed by atoms with van der Waals surface area (Å²) >= 11 is 14.6. The third-order valence-electron chi connectivity index (χ3n) is 3.49. The number of amides is 1. The zero-order chi connectivity index (χ0) is 17.5. The lowest BCUT2D eigenvalue weighted by Crippen LogP contribution is -2.43. The molecule has 0 spiro atoms. The Labute approximate surface area is 160 Å². The summed E-state index contributed by atoms with van der Waals surface area (Å²) in [6.07, 6.45) is 1.86. The molecular weight excluding hydrogens is 408 g/mol. The molecule has 0 aliphatic carbocycles. The molecule has 1 atom stereocenters. The van der Waals surface area contributed by atoms with E-state index in [1.165, 1.54) is 5.56 Å². The van der Waals surface area contributed by atoms with Gasteiger partial charge >= 0.3 is 0 Å². The summed E-state index contributed by atoms with van der Waals surface area (Å²) in [5.41, 5.74) is 1.66. The van der Waals surface area contributed by atoms with Crippen LogP contribution in [0.15, 0.2) is 53.0 Å². The average molecular weight is 426 g/mol. The van der Waals surface area contributed by atoms with Gasteiger partial charge in [-0.05, 0) is 55.7 Å². The first-order chi connectivity index (χ1) is 11.5. The van der Waals surface area contributed by atoms with Crippen molar-refractivity contribution in [2.45, 2.75) is 25.8 Å². The summed E-state index contributed by atoms with van der Waals surface area (Å²) in [5, 5.41) is 6.49. The Hall–Kier alpha value is -1.43. The average Bonchev–Trinajstić information content (AvgIpc) is 2.56. The number of hydrogen-bond acceptors (Lipinski definition) is 2. The van der Waals surface area contributed by atoms with Gasteiger partial charge in [0.2, 0.25) is 0 Å². The molecule has 24 heavy (non-hydrogen) atoms. The van der Waals surface area contributed by atoms with Gasteiger partial charge < -0.3 is 5.32 Å². The molecule has 0 aliphatic rings. The van der Waals surface area contributed by atoms with Crippen LogP contribution in [0.4, 0.5) is 0 Å². The number of halogens is 2. The summed E-state index contributed by atoms with van der Waals surface area (Å²) in [6.45, 7) is 2.04. The van der Waals surface area contributed by atoms with Crippen molar-refractivity contribution in [1.82, 2.24) is 10.6 Å². The first-order valence-corrected chi connectivity index (χ1v) is 9.14. The van der Waals surface area contributed by atoms with Crippen LogP contribution in [0.2, 0.25) is 5.02 Å². The van der Waals surface area contributed by atoms with E-state index in [0.717, 1.165) is 17.3 Å². The topological polar surface area (TPSA) is 41.1 Å². The van der Waals surface area contributed by atoms with Crippen molar-refractivity contribution in [2.24, 2.45) is 0 Å². The smallest absolute Gasteiger partial charge is 0.258 e. The van der Waals surface area contributed by atoms with E-state index < -0.39 is 0 Å². The fourth-order valence-corrected chi connectivity index (χ4v) is 3.06. The highest BCUT2D eigenvalue weighted by molar-refractivity contribution is 9.10. The van der Waals surface area contributed by atoms with Crippen LogP contribution in [0.1, 0.15) is 29.3 Å². The third-order valence-corrected chi connectivity index (χ3v) is 4.53. The van der Waals surface area contributed by atoms with E-state index in [0.29, 0.717) is 15.7 Å². The van der Waals surface area contributed by atoms with Crippen LogP contribution in [-0.2, 0) is 6.42 Å². The Morgan fingerprint density at radius 2 is 1.96 bits per heavy atom. The molecule has 2 rings (SSSR count). The van der Waals surface area contributed by atoms with Gasteiger partial charge in [-0.25, -0.2) is 0 Å². The van der Waals surface area contributed by atoms with Crippen molar-refractivity contribution >= 4 is 50.8 Å². The Morgan fingerprint density at radius 3 is 2.67 bits per heavy atom. The van der Waals surface area contributed by atoms with Crippen LogP contribution < -0.4 is 10.6 Å². The second-order valence-electron chi connectivity index (χ2n) is 5.48. The Morgan fingerprint density at radius 1 is 1.25 bits per heavy atom. The van der Waals surface area contributed by atoms with Crippen LogP contribution >= 0.6 is 39.7 Å². The number of nitrogens with one attached hydrogen (secondary N) is 2. The van der Waals surface area contributed by atoms with Gasteiger partial charge in [-0.15, -0.1) is 0 Å². The molecule has 2 aromatic carbocycles. The first kappa shape index (κ1) is 18.9. The predicted octanol–water partition coefficient (Wildman–Crippen LogP) is 4.73. The summed E-state index contributed by atoms with van der Waals surface area (Å²) < 4.78 is 0.784. The van der Waals surface area contributed by atoms with Crippen molar-refractivity contribution in [1.29, 1.82) is 0 Å². The molecule has 0 bridgehead atoms. The Bertz CT molecular complexity index is 724. The SMILES string of the molecule is CC(CCc1ccccc1)NC(=S)NC(=O)c1cc(Br)ccc1Cl. The maximum absolute atomic E-state index is 12.2. The van der Waals surface area contributed by atoms with E-state index in [1.807, 2.05) is 25.1 Å². The highest BCUT2D eigenvalue weighted by Crippen LogP contribution is 2.20. The van der Waals surface area contributed by atoms with Crippen LogP contribution in [0.3, 0.4) is 0 Å². The Kier molecular flexibility index (Phi) is 7.21. The molecule has 0 aliphatic heterocycles. The summed E-state index contributed by atoms with van der Waals surface area (Å²) in [7, 11) is 0. The molecule has 0 radical (unpaired) electrons. The highest BCUT2D eigenvalue weighted by Gasteiger charge is 2.13. The van der Waals surface area contributed by atoms with E-state index in [9.17, 15) is 4.79 Å². The lowest BCUT2D eigenvalue weighted by molar-refractivity contribution is 0.0976. The second kappa shape index (κ2) is 9.16. The molecular formula is C18H18BrClN2OS. The van der Waals surface area contributed by atoms with E-state index in [1.54, 1.807) is 18.2 Å². The van der Waals surface area contributed by atoms with Crippen LogP contribution in [-0.4, -0.2) is 17.1 Å². The maximum Gasteiger partial charge on any atom is 0.258 e. The minimum absolute atomic E-state index is 0.149. The van der Waals surface area contributed by atoms with Crippen LogP contribution in [0.5, 0.6) is 0 Å². The molecule has 2 N–H and O–H groups in total. The lowest BCUT2D eigenvalue weighted by atomic mass is 10.1. The summed E-state index contributed by atoms with van der Waals surface area (Å²) in [4.78, 5) is 12.2. The molecule has 6 heteroatoms. The molecule has 2 aromatic rings. The van der Waals surface area contributed by atoms with E-state index >= 15 is 0 Å². The van der Waals surface area contributed by atoms with Crippen LogP contribution in [0.25, 0.3) is 0 Å². The fraction of sp³-hybridized carbons (Fsp3) is 0.222. The standard InChI is InChI=1S/C18H18BrClN2OS/c1-12(7-8-13-5-3-2-4-6-13)21-18(24)22-17(23)15-11-14(19)9-10-16(15)20/h2-6,9-12H,7-8H2,1H3,(H2,21,22,23,24). The van der Waals surface area contributed by atoms with Gasteiger partial charge in [0.15, 0.2) is 5.11 Å². The van der Waals surface area contributed by atoms with Crippen molar-refractivity contribution in [2.75, 3.05) is 0 Å². The maximum atomic E-state index is 12.2. The van der Waals surface area contributed by atoms with Gasteiger partial charge in [0.05, 0.1) is 10.6 Å². The third kappa shape index (κ3) is 5.89. The van der Waals surface area contributed by atoms with E-state index in [2.05, 4.69) is 38.7 Å². The quantitative estimate of drug-likeness (QED) is 0.681. The number of aryl methyl sites for hydroxylation is 1. The largest absolute Gasteiger partial charge is 0.360 e. The van der Waals surface area contributed by atoms with Crippen molar-refractivity contribution in [3.8, 4) is 0 Å². The molecule has 126 valence electrons. The van der Waals surface area contributed by atoms with Crippen LogP contribution in [0, 0.1) is 0 Å². The van der Waals surface area contributed by atoms with Gasteiger partial charge in [0, 0.05) is 10.5 Å². The predicted molar refractivity (Wildman–Crippen MR) is 107 cm³/mol. The van der Waals surface area contributed by atoms with Crippen molar-refractivity contribution < 1.29 is 4.79 Å². The number of benzene rings is 2. The molecule has 0 heterocycles. The number of hydrogen-bond donors (Lipinski definition) is 2. The molecule has 0 saturated heterocycles. The van der Waals surface area contributed by atoms with Crippen molar-refractivity contribution in [3.63, 3.8) is 0 Å². The zero-order valence-corrected chi connectivity index (χ0v) is 16.3. The van der Waals surface area contributed by atoms with Gasteiger partial charge in [-0.1, -0.05) is 57.9 Å². The summed E-state index contributed by atoms with van der Waals surface area (Å²) in [6, 6.07) is 15.5. The number of carbonyl (C=O) groups excluding carboxylic acids is 1. The minimum Gasteiger partial charge on any atom is -0.360 e. The molecule has 0 aromatic heterocycles. The first-order valence-electron chi connectivity index (χ1n) is 7.56. The van der Waals surface area contributed by atoms with E-state index in [4.69, 9.17) is 23.8 Å². The Balaban J connectivity index is 1.83. The van der Waals surface area contributed by atoms with Gasteiger partial charge in [-0.3, -0.25) is 10.1 Å². The van der Waals surface area contributed by atoms with Crippen molar-refractivity contribution in [3.05, 3.63) is 69.2 Å².